The van der Waals surface area contributed by atoms with Crippen molar-refractivity contribution in [1.29, 1.82) is 0 Å². The molecule has 2 rings (SSSR count). The van der Waals surface area contributed by atoms with Gasteiger partial charge in [0.05, 0.1) is 24.2 Å². The van der Waals surface area contributed by atoms with Crippen LogP contribution in [0.1, 0.15) is 34.1 Å². The summed E-state index contributed by atoms with van der Waals surface area (Å²) in [6.45, 7) is 9.93. The molecule has 1 saturated heterocycles. The number of hydrogen-bond acceptors (Lipinski definition) is 4. The van der Waals surface area contributed by atoms with E-state index >= 15 is 0 Å². The molecule has 1 fully saturated rings. The van der Waals surface area contributed by atoms with E-state index in [0.717, 1.165) is 18.8 Å². The van der Waals surface area contributed by atoms with Crippen molar-refractivity contribution in [2.45, 2.75) is 45.7 Å². The highest BCUT2D eigenvalue weighted by molar-refractivity contribution is 6.29. The van der Waals surface area contributed by atoms with Gasteiger partial charge in [-0.05, 0) is 27.2 Å². The number of carboxylic acid groups (broad SMARTS) is 1. The first kappa shape index (κ1) is 17.7. The van der Waals surface area contributed by atoms with Crippen LogP contribution in [-0.2, 0) is 0 Å². The lowest BCUT2D eigenvalue weighted by Gasteiger charge is -2.52. The first-order valence-electron chi connectivity index (χ1n) is 7.71. The van der Waals surface area contributed by atoms with Crippen LogP contribution >= 0.6 is 11.6 Å². The number of quaternary nitrogens is 1. The van der Waals surface area contributed by atoms with E-state index in [1.54, 1.807) is 6.07 Å². The minimum absolute atomic E-state index is 0.134. The summed E-state index contributed by atoms with van der Waals surface area (Å²) in [7, 11) is 0. The number of rotatable bonds is 2. The zero-order valence-electron chi connectivity index (χ0n) is 14.0. The van der Waals surface area contributed by atoms with Crippen molar-refractivity contribution in [2.75, 3.05) is 18.8 Å². The molecule has 3 atom stereocenters. The number of piperidine rings is 1. The fourth-order valence-corrected chi connectivity index (χ4v) is 3.80. The van der Waals surface area contributed by atoms with Gasteiger partial charge in [-0.3, -0.25) is 4.48 Å². The summed E-state index contributed by atoms with van der Waals surface area (Å²) in [4.78, 5) is 19.5. The molecule has 0 radical (unpaired) electrons. The summed E-state index contributed by atoms with van der Waals surface area (Å²) in [5.41, 5.74) is 5.59. The highest BCUT2D eigenvalue weighted by Gasteiger charge is 2.49. The summed E-state index contributed by atoms with van der Waals surface area (Å²) in [5.74, 6) is 1.20. The van der Waals surface area contributed by atoms with Crippen molar-refractivity contribution in [2.24, 2.45) is 5.92 Å². The van der Waals surface area contributed by atoms with Gasteiger partial charge in [-0.15, -0.1) is 0 Å². The van der Waals surface area contributed by atoms with Gasteiger partial charge in [0.25, 0.3) is 0 Å². The third-order valence-corrected chi connectivity index (χ3v) is 4.78. The quantitative estimate of drug-likeness (QED) is 0.566. The third kappa shape index (κ3) is 3.67. The molecular formula is C15H25ClN5O2+. The number of halogens is 1. The Hall–Kier alpha value is -1.60. The summed E-state index contributed by atoms with van der Waals surface area (Å²) < 4.78 is 0.506. The Labute approximate surface area is 141 Å². The number of nitrogens with one attached hydrogen (secondary N) is 1. The van der Waals surface area contributed by atoms with Crippen LogP contribution in [0, 0.1) is 5.92 Å². The van der Waals surface area contributed by atoms with Crippen molar-refractivity contribution in [3.05, 3.63) is 11.2 Å². The molecule has 7 nitrogen and oxygen atoms in total. The van der Waals surface area contributed by atoms with E-state index in [2.05, 4.69) is 43.0 Å². The molecule has 1 aromatic rings. The molecule has 1 amide bonds. The largest absolute Gasteiger partial charge is 0.465 e. The second kappa shape index (κ2) is 6.13. The van der Waals surface area contributed by atoms with Crippen LogP contribution in [-0.4, -0.2) is 45.8 Å². The van der Waals surface area contributed by atoms with E-state index in [1.807, 2.05) is 0 Å². The maximum atomic E-state index is 11.1. The zero-order chi connectivity index (χ0) is 17.4. The Morgan fingerprint density at radius 3 is 2.61 bits per heavy atom. The number of carbonyl (C=O) groups is 1. The van der Waals surface area contributed by atoms with Crippen molar-refractivity contribution in [3.8, 4) is 0 Å². The number of nitrogen functional groups attached to an aromatic ring is 1. The van der Waals surface area contributed by atoms with Gasteiger partial charge in [0.1, 0.15) is 11.7 Å². The fourth-order valence-electron chi connectivity index (χ4n) is 3.62. The van der Waals surface area contributed by atoms with Gasteiger partial charge in [0, 0.05) is 5.92 Å². The second-order valence-corrected chi connectivity index (χ2v) is 7.79. The number of hydrogen-bond donors (Lipinski definition) is 3. The van der Waals surface area contributed by atoms with Gasteiger partial charge in [-0.1, -0.05) is 18.5 Å². The first-order valence-corrected chi connectivity index (χ1v) is 8.08. The average molecular weight is 343 g/mol. The molecule has 1 aliphatic heterocycles. The van der Waals surface area contributed by atoms with Gasteiger partial charge < -0.3 is 16.2 Å². The molecule has 0 aromatic carbocycles. The van der Waals surface area contributed by atoms with Crippen LogP contribution in [0.5, 0.6) is 0 Å². The Balaban J connectivity index is 2.52. The van der Waals surface area contributed by atoms with E-state index in [-0.39, 0.29) is 17.5 Å². The zero-order valence-corrected chi connectivity index (χ0v) is 14.8. The number of anilines is 1. The van der Waals surface area contributed by atoms with Crippen LogP contribution in [0.2, 0.25) is 5.15 Å². The monoisotopic (exact) mass is 342 g/mol. The lowest BCUT2D eigenvalue weighted by Crippen LogP contribution is -2.70. The average Bonchev–Trinajstić information content (AvgIpc) is 2.34. The number of nitrogens with zero attached hydrogens (tertiary/aromatic N) is 3. The summed E-state index contributed by atoms with van der Waals surface area (Å²) >= 11 is 6.09. The van der Waals surface area contributed by atoms with Crippen molar-refractivity contribution in [1.82, 2.24) is 19.8 Å². The number of amides is 1. The molecule has 0 saturated carbocycles. The van der Waals surface area contributed by atoms with Gasteiger partial charge >= 0.3 is 6.09 Å². The second-order valence-electron chi connectivity index (χ2n) is 7.40. The maximum absolute atomic E-state index is 11.1. The summed E-state index contributed by atoms with van der Waals surface area (Å²) in [6, 6.07) is 1.59. The Bertz CT molecular complexity index is 584. The molecule has 1 aromatic heterocycles. The molecule has 0 aliphatic carbocycles. The van der Waals surface area contributed by atoms with E-state index < -0.39 is 6.09 Å². The lowest BCUT2D eigenvalue weighted by molar-refractivity contribution is 0.0652. The molecule has 4 N–H and O–H groups in total. The molecule has 8 heteroatoms. The normalized spacial score (nSPS) is 28.4. The standard InChI is InChI=1S/C15H24ClN5O2/c1-9-5-10(18-14(22)23)8-21(7-9,15(2,3)4)12-6-11(16)19-13(17)20-12/h6,9-10,18H,5,7-8H2,1-4H3,(H2-,17,19,20,22,23)/p+1/t9-,10-,21?/m1/s1. The van der Waals surface area contributed by atoms with Gasteiger partial charge in [-0.25, -0.2) is 9.78 Å². The Morgan fingerprint density at radius 2 is 2.09 bits per heavy atom. The van der Waals surface area contributed by atoms with E-state index in [0.29, 0.717) is 22.1 Å². The van der Waals surface area contributed by atoms with Crippen LogP contribution in [0.4, 0.5) is 16.6 Å². The van der Waals surface area contributed by atoms with Gasteiger partial charge in [0.2, 0.25) is 11.8 Å². The van der Waals surface area contributed by atoms with Gasteiger partial charge in [0.15, 0.2) is 0 Å². The fraction of sp³-hybridized carbons (Fsp3) is 0.667. The van der Waals surface area contributed by atoms with E-state index in [1.165, 1.54) is 0 Å². The SMILES string of the molecule is C[C@@H]1C[C@@H](NC(=O)O)C[N+](c2cc(Cl)nc(N)n2)(C(C)(C)C)C1. The van der Waals surface area contributed by atoms with Crippen LogP contribution < -0.4 is 15.5 Å². The highest BCUT2D eigenvalue weighted by Crippen LogP contribution is 2.38. The predicted molar refractivity (Wildman–Crippen MR) is 91.5 cm³/mol. The Kier molecular flexibility index (Phi) is 4.73. The van der Waals surface area contributed by atoms with Crippen molar-refractivity contribution < 1.29 is 9.90 Å². The number of nitrogens with two attached hydrogens (primary N) is 1. The predicted octanol–water partition coefficient (Wildman–Crippen LogP) is 2.49. The van der Waals surface area contributed by atoms with Crippen molar-refractivity contribution in [3.63, 3.8) is 0 Å². The number of aromatic nitrogens is 2. The number of likely N-dealkylation sites (tertiary alicyclic amines) is 1. The molecule has 1 aliphatic rings. The van der Waals surface area contributed by atoms with Crippen molar-refractivity contribution >= 4 is 29.5 Å². The molecule has 0 bridgehead atoms. The topological polar surface area (TPSA) is 101 Å². The molecule has 2 heterocycles. The van der Waals surface area contributed by atoms with Gasteiger partial charge in [-0.2, -0.15) is 4.98 Å². The lowest BCUT2D eigenvalue weighted by atomic mass is 9.87. The summed E-state index contributed by atoms with van der Waals surface area (Å²) in [5, 5.41) is 12.0. The Morgan fingerprint density at radius 1 is 1.43 bits per heavy atom. The molecule has 0 spiro atoms. The smallest absolute Gasteiger partial charge is 0.405 e. The summed E-state index contributed by atoms with van der Waals surface area (Å²) in [6.07, 6.45) is -0.201. The molecular weight excluding hydrogens is 318 g/mol. The molecule has 128 valence electrons. The first-order chi connectivity index (χ1) is 10.5. The molecule has 1 unspecified atom stereocenters. The van der Waals surface area contributed by atoms with E-state index in [9.17, 15) is 4.79 Å². The molecule has 23 heavy (non-hydrogen) atoms. The third-order valence-electron chi connectivity index (χ3n) is 4.59. The van der Waals surface area contributed by atoms with E-state index in [4.69, 9.17) is 22.4 Å². The minimum atomic E-state index is -1.00. The maximum Gasteiger partial charge on any atom is 0.405 e. The van der Waals surface area contributed by atoms with Crippen LogP contribution in [0.15, 0.2) is 6.07 Å². The highest BCUT2D eigenvalue weighted by atomic mass is 35.5. The van der Waals surface area contributed by atoms with Crippen LogP contribution in [0.25, 0.3) is 0 Å². The minimum Gasteiger partial charge on any atom is -0.465 e. The van der Waals surface area contributed by atoms with Crippen LogP contribution in [0.3, 0.4) is 0 Å².